The number of piperidine rings is 1. The van der Waals surface area contributed by atoms with Crippen molar-refractivity contribution in [3.05, 3.63) is 29.8 Å². The van der Waals surface area contributed by atoms with Gasteiger partial charge in [0, 0.05) is 13.1 Å². The van der Waals surface area contributed by atoms with Crippen LogP contribution >= 0.6 is 11.8 Å². The summed E-state index contributed by atoms with van der Waals surface area (Å²) in [7, 11) is 1.72. The van der Waals surface area contributed by atoms with Crippen LogP contribution < -0.4 is 4.74 Å². The molecule has 1 aromatic carbocycles. The first-order valence-electron chi connectivity index (χ1n) is 7.24. The van der Waals surface area contributed by atoms with Crippen molar-refractivity contribution in [2.45, 2.75) is 25.7 Å². The lowest BCUT2D eigenvalue weighted by molar-refractivity contribution is -0.129. The third-order valence-electron chi connectivity index (χ3n) is 3.86. The fourth-order valence-electron chi connectivity index (χ4n) is 2.72. The standard InChI is InChI=1S/C16H23NO2S/c1-3-20-12-16(18)17-10-8-13(9-11-17)14-6-4-5-7-15(14)19-2/h4-7,13H,3,8-12H2,1-2H3. The van der Waals surface area contributed by atoms with Gasteiger partial charge < -0.3 is 9.64 Å². The molecule has 0 aliphatic carbocycles. The highest BCUT2D eigenvalue weighted by molar-refractivity contribution is 7.99. The molecule has 20 heavy (non-hydrogen) atoms. The molecular weight excluding hydrogens is 270 g/mol. The number of carbonyl (C=O) groups is 1. The molecule has 4 heteroatoms. The van der Waals surface area contributed by atoms with Crippen molar-refractivity contribution in [3.8, 4) is 5.75 Å². The van der Waals surface area contributed by atoms with Crippen molar-refractivity contribution in [1.29, 1.82) is 0 Å². The van der Waals surface area contributed by atoms with Gasteiger partial charge in [0.2, 0.25) is 5.91 Å². The highest BCUT2D eigenvalue weighted by Gasteiger charge is 2.25. The molecule has 0 radical (unpaired) electrons. The Labute approximate surface area is 125 Å². The van der Waals surface area contributed by atoms with Crippen molar-refractivity contribution in [3.63, 3.8) is 0 Å². The van der Waals surface area contributed by atoms with E-state index >= 15 is 0 Å². The van der Waals surface area contributed by atoms with E-state index in [9.17, 15) is 4.79 Å². The number of likely N-dealkylation sites (tertiary alicyclic amines) is 1. The first-order chi connectivity index (χ1) is 9.76. The summed E-state index contributed by atoms with van der Waals surface area (Å²) < 4.78 is 5.44. The van der Waals surface area contributed by atoms with Crippen LogP contribution in [-0.2, 0) is 4.79 Å². The van der Waals surface area contributed by atoms with E-state index in [1.54, 1.807) is 18.9 Å². The molecule has 1 aliphatic heterocycles. The van der Waals surface area contributed by atoms with Gasteiger partial charge in [-0.15, -0.1) is 0 Å². The van der Waals surface area contributed by atoms with Crippen LogP contribution in [0, 0.1) is 0 Å². The monoisotopic (exact) mass is 293 g/mol. The van der Waals surface area contributed by atoms with Gasteiger partial charge >= 0.3 is 0 Å². The molecule has 1 amide bonds. The Morgan fingerprint density at radius 2 is 2.05 bits per heavy atom. The molecule has 0 spiro atoms. The first-order valence-corrected chi connectivity index (χ1v) is 8.40. The Bertz CT molecular complexity index is 442. The number of thioether (sulfide) groups is 1. The maximum absolute atomic E-state index is 12.0. The number of rotatable bonds is 5. The SMILES string of the molecule is CCSCC(=O)N1CCC(c2ccccc2OC)CC1. The maximum atomic E-state index is 12.0. The summed E-state index contributed by atoms with van der Waals surface area (Å²) in [6.45, 7) is 3.82. The normalized spacial score (nSPS) is 16.2. The average Bonchev–Trinajstić information content (AvgIpc) is 2.52. The molecule has 0 aromatic heterocycles. The van der Waals surface area contributed by atoms with E-state index in [1.807, 2.05) is 17.0 Å². The highest BCUT2D eigenvalue weighted by Crippen LogP contribution is 2.34. The van der Waals surface area contributed by atoms with Crippen LogP contribution in [0.5, 0.6) is 5.75 Å². The molecule has 1 aromatic rings. The zero-order chi connectivity index (χ0) is 14.4. The number of carbonyl (C=O) groups excluding carboxylic acids is 1. The van der Waals surface area contributed by atoms with Crippen molar-refractivity contribution >= 4 is 17.7 Å². The number of nitrogens with zero attached hydrogens (tertiary/aromatic N) is 1. The molecule has 2 rings (SSSR count). The molecule has 3 nitrogen and oxygen atoms in total. The van der Waals surface area contributed by atoms with Gasteiger partial charge in [0.05, 0.1) is 12.9 Å². The van der Waals surface area contributed by atoms with Gasteiger partial charge in [-0.1, -0.05) is 25.1 Å². The van der Waals surface area contributed by atoms with Crippen LogP contribution in [0.15, 0.2) is 24.3 Å². The van der Waals surface area contributed by atoms with Gasteiger partial charge in [0.15, 0.2) is 0 Å². The van der Waals surface area contributed by atoms with E-state index in [1.165, 1.54) is 5.56 Å². The summed E-state index contributed by atoms with van der Waals surface area (Å²) in [6, 6.07) is 8.23. The quantitative estimate of drug-likeness (QED) is 0.835. The van der Waals surface area contributed by atoms with Crippen LogP contribution in [-0.4, -0.2) is 42.5 Å². The minimum absolute atomic E-state index is 0.287. The number of ether oxygens (including phenoxy) is 1. The molecule has 110 valence electrons. The Morgan fingerprint density at radius 3 is 2.70 bits per heavy atom. The number of benzene rings is 1. The lowest BCUT2D eigenvalue weighted by Gasteiger charge is -2.32. The van der Waals surface area contributed by atoms with Crippen LogP contribution in [0.3, 0.4) is 0 Å². The van der Waals surface area contributed by atoms with Gasteiger partial charge in [0.25, 0.3) is 0 Å². The number of methoxy groups -OCH3 is 1. The van der Waals surface area contributed by atoms with Gasteiger partial charge in [0.1, 0.15) is 5.75 Å². The third kappa shape index (κ3) is 3.69. The smallest absolute Gasteiger partial charge is 0.232 e. The second-order valence-electron chi connectivity index (χ2n) is 5.03. The van der Waals surface area contributed by atoms with Gasteiger partial charge in [-0.05, 0) is 36.1 Å². The van der Waals surface area contributed by atoms with Crippen molar-refractivity contribution < 1.29 is 9.53 Å². The van der Waals surface area contributed by atoms with Gasteiger partial charge in [-0.25, -0.2) is 0 Å². The van der Waals surface area contributed by atoms with Crippen LogP contribution in [0.25, 0.3) is 0 Å². The maximum Gasteiger partial charge on any atom is 0.232 e. The van der Waals surface area contributed by atoms with E-state index in [-0.39, 0.29) is 5.91 Å². The molecule has 0 N–H and O–H groups in total. The largest absolute Gasteiger partial charge is 0.496 e. The van der Waals surface area contributed by atoms with E-state index in [2.05, 4.69) is 19.1 Å². The molecule has 0 bridgehead atoms. The third-order valence-corrected chi connectivity index (χ3v) is 4.72. The zero-order valence-corrected chi connectivity index (χ0v) is 13.1. The predicted octanol–water partition coefficient (Wildman–Crippen LogP) is 3.15. The number of hydrogen-bond acceptors (Lipinski definition) is 3. The fourth-order valence-corrected chi connectivity index (χ4v) is 3.29. The molecule has 1 saturated heterocycles. The van der Waals surface area contributed by atoms with Crippen molar-refractivity contribution in [2.75, 3.05) is 31.7 Å². The lowest BCUT2D eigenvalue weighted by Crippen LogP contribution is -2.39. The van der Waals surface area contributed by atoms with Crippen LogP contribution in [0.2, 0.25) is 0 Å². The van der Waals surface area contributed by atoms with E-state index < -0.39 is 0 Å². The molecule has 1 fully saturated rings. The predicted molar refractivity (Wildman–Crippen MR) is 84.5 cm³/mol. The highest BCUT2D eigenvalue weighted by atomic mass is 32.2. The van der Waals surface area contributed by atoms with Crippen molar-refractivity contribution in [1.82, 2.24) is 4.90 Å². The Kier molecular flexibility index (Phi) is 5.77. The second kappa shape index (κ2) is 7.58. The Hall–Kier alpha value is -1.16. The number of amides is 1. The van der Waals surface area contributed by atoms with E-state index in [4.69, 9.17) is 4.74 Å². The summed E-state index contributed by atoms with van der Waals surface area (Å²) in [4.78, 5) is 14.0. The van der Waals surface area contributed by atoms with Crippen LogP contribution in [0.1, 0.15) is 31.2 Å². The summed E-state index contributed by atoms with van der Waals surface area (Å²) in [5.41, 5.74) is 1.28. The van der Waals surface area contributed by atoms with Gasteiger partial charge in [-0.3, -0.25) is 4.79 Å². The van der Waals surface area contributed by atoms with Crippen molar-refractivity contribution in [2.24, 2.45) is 0 Å². The number of hydrogen-bond donors (Lipinski definition) is 0. The summed E-state index contributed by atoms with van der Waals surface area (Å²) in [6.07, 6.45) is 2.06. The number of para-hydroxylation sites is 1. The lowest BCUT2D eigenvalue weighted by atomic mass is 9.89. The van der Waals surface area contributed by atoms with E-state index in [0.29, 0.717) is 11.7 Å². The molecule has 0 unspecified atom stereocenters. The Morgan fingerprint density at radius 1 is 1.35 bits per heavy atom. The molecule has 0 saturated carbocycles. The fraction of sp³-hybridized carbons (Fsp3) is 0.562. The van der Waals surface area contributed by atoms with Gasteiger partial charge in [-0.2, -0.15) is 11.8 Å². The molecule has 1 heterocycles. The molecule has 1 aliphatic rings. The minimum atomic E-state index is 0.287. The molecular formula is C16H23NO2S. The topological polar surface area (TPSA) is 29.5 Å². The minimum Gasteiger partial charge on any atom is -0.496 e. The zero-order valence-electron chi connectivity index (χ0n) is 12.3. The summed E-state index contributed by atoms with van der Waals surface area (Å²) in [5.74, 6) is 3.39. The summed E-state index contributed by atoms with van der Waals surface area (Å²) >= 11 is 1.70. The summed E-state index contributed by atoms with van der Waals surface area (Å²) in [5, 5.41) is 0. The van der Waals surface area contributed by atoms with Crippen LogP contribution in [0.4, 0.5) is 0 Å². The first kappa shape index (κ1) is 15.2. The average molecular weight is 293 g/mol. The molecule has 0 atom stereocenters. The van der Waals surface area contributed by atoms with E-state index in [0.717, 1.165) is 37.4 Å². The second-order valence-corrected chi connectivity index (χ2v) is 6.31. The Balaban J connectivity index is 1.92.